The minimum atomic E-state index is 0. The van der Waals surface area contributed by atoms with Crippen LogP contribution in [-0.2, 0) is 11.3 Å². The molecule has 0 bridgehead atoms. The molecule has 1 amide bonds. The number of hydrogen-bond acceptors (Lipinski definition) is 4. The van der Waals surface area contributed by atoms with Crippen LogP contribution in [0.1, 0.15) is 36.3 Å². The van der Waals surface area contributed by atoms with Gasteiger partial charge in [-0.25, -0.2) is 9.98 Å². The molecule has 0 radical (unpaired) electrons. The number of aliphatic imine (C=N–C) groups is 1. The number of nitrogens with one attached hydrogen (secondary N) is 3. The summed E-state index contributed by atoms with van der Waals surface area (Å²) in [5.74, 6) is 0.822. The lowest BCUT2D eigenvalue weighted by Crippen LogP contribution is -2.42. The number of aromatic nitrogens is 1. The highest BCUT2D eigenvalue weighted by Crippen LogP contribution is 2.16. The van der Waals surface area contributed by atoms with Crippen LogP contribution in [0.15, 0.2) is 4.99 Å². The van der Waals surface area contributed by atoms with E-state index in [-0.39, 0.29) is 35.8 Å². The molecule has 0 fully saturated rings. The van der Waals surface area contributed by atoms with Crippen molar-refractivity contribution < 1.29 is 4.79 Å². The number of hydrogen-bond donors (Lipinski definition) is 3. The Labute approximate surface area is 160 Å². The Hall–Kier alpha value is -0.900. The Kier molecular flexibility index (Phi) is 11.2. The molecule has 0 saturated heterocycles. The zero-order valence-corrected chi connectivity index (χ0v) is 17.7. The Morgan fingerprint density at radius 1 is 1.22 bits per heavy atom. The molecule has 0 aliphatic carbocycles. The van der Waals surface area contributed by atoms with Crippen LogP contribution in [0.5, 0.6) is 0 Å². The maximum atomic E-state index is 11.5. The van der Waals surface area contributed by atoms with Gasteiger partial charge >= 0.3 is 0 Å². The second kappa shape index (κ2) is 11.6. The van der Waals surface area contributed by atoms with E-state index >= 15 is 0 Å². The molecule has 0 atom stereocenters. The smallest absolute Gasteiger partial charge is 0.222 e. The van der Waals surface area contributed by atoms with Gasteiger partial charge in [-0.05, 0) is 20.8 Å². The van der Waals surface area contributed by atoms with Crippen molar-refractivity contribution in [2.24, 2.45) is 10.9 Å². The minimum absolute atomic E-state index is 0. The van der Waals surface area contributed by atoms with Gasteiger partial charge < -0.3 is 16.0 Å². The average Bonchev–Trinajstić information content (AvgIpc) is 2.79. The highest BCUT2D eigenvalue weighted by atomic mass is 127. The van der Waals surface area contributed by atoms with E-state index in [1.807, 2.05) is 27.7 Å². The average molecular weight is 453 g/mol. The quantitative estimate of drug-likeness (QED) is 0.256. The third kappa shape index (κ3) is 8.50. The van der Waals surface area contributed by atoms with Crippen molar-refractivity contribution >= 4 is 47.2 Å². The van der Waals surface area contributed by atoms with E-state index in [0.717, 1.165) is 23.2 Å². The molecule has 0 aromatic carbocycles. The van der Waals surface area contributed by atoms with E-state index in [1.54, 1.807) is 11.3 Å². The van der Waals surface area contributed by atoms with E-state index in [4.69, 9.17) is 0 Å². The van der Waals surface area contributed by atoms with Crippen molar-refractivity contribution in [3.8, 4) is 0 Å². The highest BCUT2D eigenvalue weighted by molar-refractivity contribution is 14.0. The van der Waals surface area contributed by atoms with Gasteiger partial charge in [0, 0.05) is 30.4 Å². The fourth-order valence-corrected chi connectivity index (χ4v) is 2.52. The van der Waals surface area contributed by atoms with Gasteiger partial charge in [0.1, 0.15) is 5.01 Å². The number of amides is 1. The first-order valence-electron chi connectivity index (χ1n) is 7.66. The van der Waals surface area contributed by atoms with Gasteiger partial charge in [0.15, 0.2) is 5.96 Å². The molecule has 0 unspecified atom stereocenters. The second-order valence-electron chi connectivity index (χ2n) is 5.32. The Morgan fingerprint density at radius 3 is 2.39 bits per heavy atom. The summed E-state index contributed by atoms with van der Waals surface area (Å²) in [5, 5.41) is 10.3. The van der Waals surface area contributed by atoms with Crippen molar-refractivity contribution in [2.75, 3.05) is 19.6 Å². The summed E-state index contributed by atoms with van der Waals surface area (Å²) in [6.07, 6.45) is 0. The molecule has 0 aliphatic rings. The third-order valence-electron chi connectivity index (χ3n) is 3.03. The SMILES string of the molecule is CCNC(=NCc1nc(C)c(C)s1)NCCNC(=O)C(C)C.I. The van der Waals surface area contributed by atoms with Crippen molar-refractivity contribution in [3.63, 3.8) is 0 Å². The molecule has 3 N–H and O–H groups in total. The number of carbonyl (C=O) groups excluding carboxylic acids is 1. The molecule has 1 aromatic rings. The predicted molar refractivity (Wildman–Crippen MR) is 108 cm³/mol. The summed E-state index contributed by atoms with van der Waals surface area (Å²) in [7, 11) is 0. The molecular weight excluding hydrogens is 425 g/mol. The van der Waals surface area contributed by atoms with Gasteiger partial charge in [-0.15, -0.1) is 35.3 Å². The zero-order valence-electron chi connectivity index (χ0n) is 14.5. The van der Waals surface area contributed by atoms with E-state index < -0.39 is 0 Å². The third-order valence-corrected chi connectivity index (χ3v) is 4.09. The monoisotopic (exact) mass is 453 g/mol. The molecular formula is C15H28IN5OS. The Morgan fingerprint density at radius 2 is 1.87 bits per heavy atom. The summed E-state index contributed by atoms with van der Waals surface area (Å²) >= 11 is 1.68. The van der Waals surface area contributed by atoms with Crippen molar-refractivity contribution in [1.82, 2.24) is 20.9 Å². The van der Waals surface area contributed by atoms with Crippen LogP contribution in [0.4, 0.5) is 0 Å². The van der Waals surface area contributed by atoms with E-state index in [1.165, 1.54) is 4.88 Å². The van der Waals surface area contributed by atoms with Crippen molar-refractivity contribution in [1.29, 1.82) is 0 Å². The summed E-state index contributed by atoms with van der Waals surface area (Å²) in [6.45, 7) is 12.4. The molecule has 23 heavy (non-hydrogen) atoms. The van der Waals surface area contributed by atoms with Gasteiger partial charge in [-0.2, -0.15) is 0 Å². The second-order valence-corrected chi connectivity index (χ2v) is 6.60. The molecule has 6 nitrogen and oxygen atoms in total. The van der Waals surface area contributed by atoms with Gasteiger partial charge in [0.25, 0.3) is 0 Å². The molecule has 0 aliphatic heterocycles. The lowest BCUT2D eigenvalue weighted by Gasteiger charge is -2.12. The molecule has 1 aromatic heterocycles. The summed E-state index contributed by atoms with van der Waals surface area (Å²) in [5.41, 5.74) is 1.07. The maximum absolute atomic E-state index is 11.5. The number of halogens is 1. The largest absolute Gasteiger partial charge is 0.357 e. The van der Waals surface area contributed by atoms with Crippen LogP contribution in [0.3, 0.4) is 0 Å². The molecule has 1 rings (SSSR count). The van der Waals surface area contributed by atoms with Crippen LogP contribution in [0, 0.1) is 19.8 Å². The van der Waals surface area contributed by atoms with Crippen LogP contribution in [-0.4, -0.2) is 36.5 Å². The fourth-order valence-electron chi connectivity index (χ4n) is 1.67. The first-order chi connectivity index (χ1) is 10.4. The normalized spacial score (nSPS) is 11.1. The number of guanidine groups is 1. The van der Waals surface area contributed by atoms with Gasteiger partial charge in [-0.1, -0.05) is 13.8 Å². The Balaban J connectivity index is 0.00000484. The topological polar surface area (TPSA) is 78.4 Å². The predicted octanol–water partition coefficient (Wildman–Crippen LogP) is 2.21. The van der Waals surface area contributed by atoms with Crippen LogP contribution < -0.4 is 16.0 Å². The van der Waals surface area contributed by atoms with Gasteiger partial charge in [0.05, 0.1) is 12.2 Å². The number of aryl methyl sites for hydroxylation is 2. The molecule has 8 heteroatoms. The summed E-state index contributed by atoms with van der Waals surface area (Å²) < 4.78 is 0. The van der Waals surface area contributed by atoms with Gasteiger partial charge in [-0.3, -0.25) is 4.79 Å². The van der Waals surface area contributed by atoms with Gasteiger partial charge in [0.2, 0.25) is 5.91 Å². The van der Waals surface area contributed by atoms with Crippen LogP contribution in [0.2, 0.25) is 0 Å². The molecule has 0 spiro atoms. The lowest BCUT2D eigenvalue weighted by molar-refractivity contribution is -0.123. The maximum Gasteiger partial charge on any atom is 0.222 e. The highest BCUT2D eigenvalue weighted by Gasteiger charge is 2.06. The van der Waals surface area contributed by atoms with Crippen molar-refractivity contribution in [3.05, 3.63) is 15.6 Å². The first-order valence-corrected chi connectivity index (χ1v) is 8.48. The standard InChI is InChI=1S/C15H27N5OS.HI/c1-6-16-15(18-8-7-17-14(21)10(2)3)19-9-13-20-11(4)12(5)22-13;/h10H,6-9H2,1-5H3,(H,17,21)(H2,16,18,19);1H. The van der Waals surface area contributed by atoms with E-state index in [0.29, 0.717) is 19.6 Å². The van der Waals surface area contributed by atoms with E-state index in [2.05, 4.69) is 32.9 Å². The summed E-state index contributed by atoms with van der Waals surface area (Å²) in [6, 6.07) is 0. The van der Waals surface area contributed by atoms with Crippen LogP contribution >= 0.6 is 35.3 Å². The Bertz CT molecular complexity index is 496. The lowest BCUT2D eigenvalue weighted by atomic mass is 10.2. The number of carbonyl (C=O) groups is 1. The molecule has 132 valence electrons. The minimum Gasteiger partial charge on any atom is -0.357 e. The zero-order chi connectivity index (χ0) is 16.5. The molecule has 1 heterocycles. The van der Waals surface area contributed by atoms with E-state index in [9.17, 15) is 4.79 Å². The number of rotatable bonds is 7. The van der Waals surface area contributed by atoms with Crippen molar-refractivity contribution in [2.45, 2.75) is 41.2 Å². The summed E-state index contributed by atoms with van der Waals surface area (Å²) in [4.78, 5) is 21.7. The van der Waals surface area contributed by atoms with Crippen LogP contribution in [0.25, 0.3) is 0 Å². The number of thiazole rings is 1. The number of nitrogens with zero attached hydrogens (tertiary/aromatic N) is 2. The molecule has 0 saturated carbocycles. The first kappa shape index (κ1) is 22.1. The fraction of sp³-hybridized carbons (Fsp3) is 0.667.